The molecule has 6 aliphatic carbocycles. The highest BCUT2D eigenvalue weighted by Crippen LogP contribution is 2.77. The molecule has 7 nitrogen and oxygen atoms in total. The number of ether oxygens (including phenoxy) is 1. The van der Waals surface area contributed by atoms with Crippen LogP contribution < -0.4 is 5.32 Å². The Kier molecular flexibility index (Phi) is 7.92. The normalized spacial score (nSPS) is 44.7. The van der Waals surface area contributed by atoms with Crippen molar-refractivity contribution in [1.82, 2.24) is 5.32 Å². The molecule has 4 saturated carbocycles. The third-order valence-electron chi connectivity index (χ3n) is 15.2. The number of carbonyl (C=O) groups is 3. The lowest BCUT2D eigenvalue weighted by molar-refractivity contribution is -0.228. The first-order valence-electron chi connectivity index (χ1n) is 18.2. The SMILES string of the molecule is CC(C)(C)OC(=O)NC1CCC2(C(=O)O)CCC3(C)C(CCC4C5(C)CC=C(C6=CCC(C(=O)O)CC6)C(C)(C)C5CCC43C)C12. The molecule has 0 radical (unpaired) electrons. The topological polar surface area (TPSA) is 113 Å². The summed E-state index contributed by atoms with van der Waals surface area (Å²) in [5, 5.41) is 23.5. The number of carboxylic acid groups (broad SMARTS) is 2. The van der Waals surface area contributed by atoms with Gasteiger partial charge in [-0.3, -0.25) is 9.59 Å². The first kappa shape index (κ1) is 33.6. The Hall–Kier alpha value is -2.31. The molecule has 0 aromatic heterocycles. The number of alkyl carbamates (subject to hydrolysis) is 1. The summed E-state index contributed by atoms with van der Waals surface area (Å²) in [6.07, 6.45) is 14.8. The zero-order valence-electron chi connectivity index (χ0n) is 29.6. The lowest BCUT2D eigenvalue weighted by Gasteiger charge is -2.72. The number of fused-ring (bicyclic) bond motifs is 7. The predicted molar refractivity (Wildman–Crippen MR) is 178 cm³/mol. The summed E-state index contributed by atoms with van der Waals surface area (Å²) in [6, 6.07) is -0.189. The van der Waals surface area contributed by atoms with Crippen LogP contribution in [0.2, 0.25) is 0 Å². The van der Waals surface area contributed by atoms with Crippen molar-refractivity contribution in [2.45, 2.75) is 144 Å². The summed E-state index contributed by atoms with van der Waals surface area (Å²) in [4.78, 5) is 37.7. The Morgan fingerprint density at radius 1 is 0.848 bits per heavy atom. The summed E-state index contributed by atoms with van der Waals surface area (Å²) < 4.78 is 5.67. The van der Waals surface area contributed by atoms with E-state index in [2.05, 4.69) is 52.1 Å². The van der Waals surface area contributed by atoms with Gasteiger partial charge < -0.3 is 20.3 Å². The lowest BCUT2D eigenvalue weighted by Crippen LogP contribution is -2.66. The molecule has 6 aliphatic rings. The quantitative estimate of drug-likeness (QED) is 0.284. The predicted octanol–water partition coefficient (Wildman–Crippen LogP) is 8.78. The third kappa shape index (κ3) is 4.82. The molecule has 46 heavy (non-hydrogen) atoms. The Morgan fingerprint density at radius 2 is 1.57 bits per heavy atom. The van der Waals surface area contributed by atoms with Gasteiger partial charge in [0.1, 0.15) is 5.60 Å². The Balaban J connectivity index is 1.31. The van der Waals surface area contributed by atoms with Gasteiger partial charge in [-0.25, -0.2) is 4.79 Å². The van der Waals surface area contributed by atoms with Gasteiger partial charge in [-0.1, -0.05) is 46.8 Å². The van der Waals surface area contributed by atoms with E-state index < -0.39 is 29.0 Å². The van der Waals surface area contributed by atoms with Crippen LogP contribution in [0.3, 0.4) is 0 Å². The number of aliphatic carboxylic acids is 2. The van der Waals surface area contributed by atoms with Gasteiger partial charge in [0.25, 0.3) is 0 Å². The van der Waals surface area contributed by atoms with Crippen molar-refractivity contribution in [2.24, 2.45) is 56.7 Å². The second kappa shape index (κ2) is 10.9. The van der Waals surface area contributed by atoms with Gasteiger partial charge in [-0.05, 0) is 154 Å². The molecule has 0 spiro atoms. The molecule has 0 bridgehead atoms. The van der Waals surface area contributed by atoms with E-state index in [0.717, 1.165) is 51.4 Å². The second-order valence-electron chi connectivity index (χ2n) is 18.5. The minimum absolute atomic E-state index is 0.00683. The summed E-state index contributed by atoms with van der Waals surface area (Å²) in [7, 11) is 0. The molecule has 256 valence electrons. The number of nitrogens with one attached hydrogen (secondary N) is 1. The van der Waals surface area contributed by atoms with E-state index in [-0.39, 0.29) is 45.5 Å². The van der Waals surface area contributed by atoms with Gasteiger partial charge in [0.2, 0.25) is 0 Å². The number of rotatable bonds is 4. The van der Waals surface area contributed by atoms with Crippen molar-refractivity contribution in [3.05, 3.63) is 23.3 Å². The zero-order chi connectivity index (χ0) is 33.7. The van der Waals surface area contributed by atoms with Crippen LogP contribution in [0.25, 0.3) is 0 Å². The fourth-order valence-corrected chi connectivity index (χ4v) is 13.0. The first-order chi connectivity index (χ1) is 21.3. The van der Waals surface area contributed by atoms with Crippen LogP contribution in [-0.2, 0) is 14.3 Å². The zero-order valence-corrected chi connectivity index (χ0v) is 29.6. The van der Waals surface area contributed by atoms with Crippen LogP contribution in [0.5, 0.6) is 0 Å². The van der Waals surface area contributed by atoms with Crippen LogP contribution in [0.1, 0.15) is 132 Å². The van der Waals surface area contributed by atoms with Gasteiger partial charge >= 0.3 is 18.0 Å². The third-order valence-corrected chi connectivity index (χ3v) is 15.2. The molecule has 10 unspecified atom stereocenters. The monoisotopic (exact) mass is 637 g/mol. The van der Waals surface area contributed by atoms with Crippen LogP contribution in [0, 0.1) is 56.7 Å². The molecule has 0 saturated heterocycles. The number of carboxylic acids is 2. The second-order valence-corrected chi connectivity index (χ2v) is 18.5. The summed E-state index contributed by atoms with van der Waals surface area (Å²) in [5.74, 6) is -0.421. The van der Waals surface area contributed by atoms with E-state index >= 15 is 0 Å². The van der Waals surface area contributed by atoms with Gasteiger partial charge in [0.05, 0.1) is 11.3 Å². The van der Waals surface area contributed by atoms with Crippen LogP contribution in [-0.4, -0.2) is 39.9 Å². The highest BCUT2D eigenvalue weighted by atomic mass is 16.6. The maximum atomic E-state index is 13.1. The number of hydrogen-bond acceptors (Lipinski definition) is 4. The number of hydrogen-bond donors (Lipinski definition) is 3. The molecule has 0 aromatic carbocycles. The van der Waals surface area contributed by atoms with E-state index in [9.17, 15) is 24.6 Å². The highest BCUT2D eigenvalue weighted by Gasteiger charge is 2.72. The molecular formula is C39H59NO6. The molecule has 0 aromatic rings. The van der Waals surface area contributed by atoms with Crippen LogP contribution >= 0.6 is 0 Å². The number of amides is 1. The summed E-state index contributed by atoms with van der Waals surface area (Å²) >= 11 is 0. The van der Waals surface area contributed by atoms with Crippen LogP contribution in [0.15, 0.2) is 23.3 Å². The van der Waals surface area contributed by atoms with Crippen molar-refractivity contribution in [2.75, 3.05) is 0 Å². The smallest absolute Gasteiger partial charge is 0.407 e. The molecule has 10 atom stereocenters. The first-order valence-corrected chi connectivity index (χ1v) is 18.2. The van der Waals surface area contributed by atoms with Gasteiger partial charge in [0.15, 0.2) is 0 Å². The molecule has 1 amide bonds. The molecule has 3 N–H and O–H groups in total. The maximum absolute atomic E-state index is 13.1. The molecule has 0 aliphatic heterocycles. The van der Waals surface area contributed by atoms with E-state index in [4.69, 9.17) is 4.74 Å². The van der Waals surface area contributed by atoms with Crippen molar-refractivity contribution in [3.8, 4) is 0 Å². The molecular weight excluding hydrogens is 578 g/mol. The summed E-state index contributed by atoms with van der Waals surface area (Å²) in [6.45, 7) is 18.1. The van der Waals surface area contributed by atoms with Crippen molar-refractivity contribution in [3.63, 3.8) is 0 Å². The Labute approximate surface area is 276 Å². The van der Waals surface area contributed by atoms with Crippen molar-refractivity contribution in [1.29, 1.82) is 0 Å². The Morgan fingerprint density at radius 3 is 2.17 bits per heavy atom. The molecule has 4 fully saturated rings. The van der Waals surface area contributed by atoms with E-state index in [1.165, 1.54) is 11.1 Å². The number of carbonyl (C=O) groups excluding carboxylic acids is 1. The van der Waals surface area contributed by atoms with E-state index in [0.29, 0.717) is 37.5 Å². The van der Waals surface area contributed by atoms with Crippen molar-refractivity contribution >= 4 is 18.0 Å². The van der Waals surface area contributed by atoms with E-state index in [1.807, 2.05) is 20.8 Å². The maximum Gasteiger partial charge on any atom is 0.407 e. The van der Waals surface area contributed by atoms with Crippen LogP contribution in [0.4, 0.5) is 4.79 Å². The van der Waals surface area contributed by atoms with Gasteiger partial charge in [-0.2, -0.15) is 0 Å². The standard InChI is InChI=1S/C39H59NO6/c1-34(2,3)46-33(45)40-27-16-20-39(32(43)44)22-21-37(7)26(30(27)39)13-14-29-36(6)18-15-25(23-9-11-24(12-10-23)31(41)42)35(4,5)28(36)17-19-38(29,37)8/h9,15,24,26-30H,10-14,16-22H2,1-8H3,(H,40,45)(H,41,42)(H,43,44). The van der Waals surface area contributed by atoms with Gasteiger partial charge in [-0.15, -0.1) is 0 Å². The molecule has 6 rings (SSSR count). The average molecular weight is 638 g/mol. The van der Waals surface area contributed by atoms with E-state index in [1.54, 1.807) is 0 Å². The van der Waals surface area contributed by atoms with Crippen molar-refractivity contribution < 1.29 is 29.3 Å². The number of allylic oxidation sites excluding steroid dienone is 4. The minimum Gasteiger partial charge on any atom is -0.481 e. The minimum atomic E-state index is -0.786. The lowest BCUT2D eigenvalue weighted by atomic mass is 9.32. The van der Waals surface area contributed by atoms with Gasteiger partial charge in [0, 0.05) is 6.04 Å². The fourth-order valence-electron chi connectivity index (χ4n) is 13.0. The summed E-state index contributed by atoms with van der Waals surface area (Å²) in [5.41, 5.74) is 1.63. The molecule has 0 heterocycles. The molecule has 7 heteroatoms. The Bertz CT molecular complexity index is 1360. The average Bonchev–Trinajstić information content (AvgIpc) is 3.31. The fraction of sp³-hybridized carbons (Fsp3) is 0.821. The highest BCUT2D eigenvalue weighted by molar-refractivity contribution is 5.77. The largest absolute Gasteiger partial charge is 0.481 e.